The van der Waals surface area contributed by atoms with Gasteiger partial charge in [0, 0.05) is 11.5 Å². The summed E-state index contributed by atoms with van der Waals surface area (Å²) in [6.45, 7) is 6.22. The van der Waals surface area contributed by atoms with Gasteiger partial charge in [0.25, 0.3) is 0 Å². The maximum atomic E-state index is 11.1. The Morgan fingerprint density at radius 1 is 1.37 bits per heavy atom. The minimum atomic E-state index is -0.345. The quantitative estimate of drug-likeness (QED) is 0.501. The lowest BCUT2D eigenvalue weighted by Gasteiger charge is -2.20. The Morgan fingerprint density at radius 3 is 2.74 bits per heavy atom. The molecule has 0 atom stereocenters. The van der Waals surface area contributed by atoms with Crippen molar-refractivity contribution in [2.24, 2.45) is 0 Å². The Hall–Kier alpha value is -2.03. The van der Waals surface area contributed by atoms with Crippen molar-refractivity contribution in [3.05, 3.63) is 54.1 Å². The molecule has 3 heteroatoms. The minimum Gasteiger partial charge on any atom is -0.508 e. The number of hydrogen-bond donors (Lipinski definition) is 1. The number of ether oxygens (including phenoxy) is 1. The van der Waals surface area contributed by atoms with Gasteiger partial charge in [0.05, 0.1) is 6.61 Å². The van der Waals surface area contributed by atoms with E-state index in [0.717, 1.165) is 5.56 Å². The number of hydrogen-bond acceptors (Lipinski definition) is 3. The lowest BCUT2D eigenvalue weighted by molar-refractivity contribution is -0.137. The summed E-state index contributed by atoms with van der Waals surface area (Å²) >= 11 is 0. The Balaban J connectivity index is 2.71. The maximum absolute atomic E-state index is 11.1. The van der Waals surface area contributed by atoms with Gasteiger partial charge < -0.3 is 9.84 Å². The van der Waals surface area contributed by atoms with Gasteiger partial charge in [0.2, 0.25) is 0 Å². The van der Waals surface area contributed by atoms with E-state index in [0.29, 0.717) is 6.61 Å². The lowest BCUT2D eigenvalue weighted by atomic mass is 9.84. The van der Waals surface area contributed by atoms with Crippen LogP contribution >= 0.6 is 0 Å². The summed E-state index contributed by atoms with van der Waals surface area (Å²) in [7, 11) is 0. The van der Waals surface area contributed by atoms with Crippen LogP contribution in [0.3, 0.4) is 0 Å². The zero-order valence-electron chi connectivity index (χ0n) is 11.6. The smallest absolute Gasteiger partial charge is 0.330 e. The molecule has 0 bridgehead atoms. The van der Waals surface area contributed by atoms with E-state index in [1.165, 1.54) is 6.08 Å². The second-order valence-electron chi connectivity index (χ2n) is 4.74. The van der Waals surface area contributed by atoms with Crippen LogP contribution < -0.4 is 0 Å². The van der Waals surface area contributed by atoms with Crippen LogP contribution in [-0.4, -0.2) is 17.7 Å². The highest BCUT2D eigenvalue weighted by Crippen LogP contribution is 2.27. The summed E-state index contributed by atoms with van der Waals surface area (Å²) in [5, 5.41) is 9.48. The molecule has 19 heavy (non-hydrogen) atoms. The fraction of sp³-hybridized carbons (Fsp3) is 0.312. The Morgan fingerprint density at radius 2 is 2.11 bits per heavy atom. The number of esters is 1. The van der Waals surface area contributed by atoms with E-state index in [-0.39, 0.29) is 17.1 Å². The molecule has 0 saturated carbocycles. The van der Waals surface area contributed by atoms with Gasteiger partial charge in [-0.2, -0.15) is 0 Å². The van der Waals surface area contributed by atoms with Crippen molar-refractivity contribution < 1.29 is 14.6 Å². The first-order chi connectivity index (χ1) is 8.95. The Labute approximate surface area is 114 Å². The number of rotatable bonds is 5. The van der Waals surface area contributed by atoms with Crippen LogP contribution in [0, 0.1) is 0 Å². The van der Waals surface area contributed by atoms with E-state index < -0.39 is 0 Å². The molecule has 0 aromatic heterocycles. The van der Waals surface area contributed by atoms with Crippen LogP contribution in [-0.2, 0) is 14.9 Å². The normalized spacial score (nSPS) is 12.2. The first-order valence-electron chi connectivity index (χ1n) is 6.28. The SMILES string of the molecule is CCOC(=O)/C=C/C=C/C(C)(C)c1cccc(O)c1. The van der Waals surface area contributed by atoms with Crippen LogP contribution in [0.2, 0.25) is 0 Å². The molecule has 1 rings (SSSR count). The van der Waals surface area contributed by atoms with Gasteiger partial charge in [-0.25, -0.2) is 4.79 Å². The molecule has 0 saturated heterocycles. The Bertz CT molecular complexity index is 485. The molecule has 0 radical (unpaired) electrons. The summed E-state index contributed by atoms with van der Waals surface area (Å²) in [6.07, 6.45) is 6.82. The molecule has 0 aliphatic carbocycles. The summed E-state index contributed by atoms with van der Waals surface area (Å²) in [5.74, 6) is -0.0941. The lowest BCUT2D eigenvalue weighted by Crippen LogP contribution is -2.12. The predicted molar refractivity (Wildman–Crippen MR) is 76.0 cm³/mol. The molecule has 0 amide bonds. The van der Waals surface area contributed by atoms with Crippen molar-refractivity contribution in [1.82, 2.24) is 0 Å². The summed E-state index contributed by atoms with van der Waals surface area (Å²) < 4.78 is 4.78. The molecular weight excluding hydrogens is 240 g/mol. The van der Waals surface area contributed by atoms with Crippen molar-refractivity contribution in [1.29, 1.82) is 0 Å². The summed E-state index contributed by atoms with van der Waals surface area (Å²) in [5.41, 5.74) is 0.783. The number of carbonyl (C=O) groups excluding carboxylic acids is 1. The zero-order valence-corrected chi connectivity index (χ0v) is 11.6. The third kappa shape index (κ3) is 5.00. The molecule has 0 spiro atoms. The highest BCUT2D eigenvalue weighted by atomic mass is 16.5. The second-order valence-corrected chi connectivity index (χ2v) is 4.74. The molecule has 0 aliphatic rings. The van der Waals surface area contributed by atoms with Crippen molar-refractivity contribution in [2.75, 3.05) is 6.61 Å². The van der Waals surface area contributed by atoms with Crippen molar-refractivity contribution in [3.8, 4) is 5.75 Å². The largest absolute Gasteiger partial charge is 0.508 e. The van der Waals surface area contributed by atoms with E-state index in [1.54, 1.807) is 31.2 Å². The molecule has 0 aliphatic heterocycles. The fourth-order valence-corrected chi connectivity index (χ4v) is 1.62. The van der Waals surface area contributed by atoms with Crippen LogP contribution in [0.5, 0.6) is 5.75 Å². The highest BCUT2D eigenvalue weighted by molar-refractivity contribution is 5.82. The molecular formula is C16H20O3. The minimum absolute atomic E-state index is 0.224. The number of benzene rings is 1. The number of carbonyl (C=O) groups is 1. The van der Waals surface area contributed by atoms with Gasteiger partial charge >= 0.3 is 5.97 Å². The van der Waals surface area contributed by atoms with Gasteiger partial charge in [-0.3, -0.25) is 0 Å². The fourth-order valence-electron chi connectivity index (χ4n) is 1.62. The standard InChI is InChI=1S/C16H20O3/c1-4-19-15(18)10-5-6-11-16(2,3)13-8-7-9-14(17)12-13/h5-12,17H,4H2,1-3H3/b10-5+,11-6+. The monoisotopic (exact) mass is 260 g/mol. The maximum Gasteiger partial charge on any atom is 0.330 e. The first kappa shape index (κ1) is 15.0. The molecule has 0 unspecified atom stereocenters. The number of aromatic hydroxyl groups is 1. The topological polar surface area (TPSA) is 46.5 Å². The third-order valence-electron chi connectivity index (χ3n) is 2.73. The molecule has 0 heterocycles. The van der Waals surface area contributed by atoms with Crippen molar-refractivity contribution >= 4 is 5.97 Å². The van der Waals surface area contributed by atoms with Crippen molar-refractivity contribution in [3.63, 3.8) is 0 Å². The van der Waals surface area contributed by atoms with Gasteiger partial charge in [-0.1, -0.05) is 44.2 Å². The predicted octanol–water partition coefficient (Wildman–Crippen LogP) is 3.35. The molecule has 3 nitrogen and oxygen atoms in total. The molecule has 1 aromatic carbocycles. The van der Waals surface area contributed by atoms with Gasteiger partial charge in [-0.15, -0.1) is 0 Å². The number of allylic oxidation sites excluding steroid dienone is 3. The van der Waals surface area contributed by atoms with Crippen LogP contribution in [0.25, 0.3) is 0 Å². The average molecular weight is 260 g/mol. The zero-order chi connectivity index (χ0) is 14.3. The third-order valence-corrected chi connectivity index (χ3v) is 2.73. The second kappa shape index (κ2) is 6.78. The van der Waals surface area contributed by atoms with Crippen molar-refractivity contribution in [2.45, 2.75) is 26.2 Å². The number of phenols is 1. The summed E-state index contributed by atoms with van der Waals surface area (Å²) in [4.78, 5) is 11.1. The van der Waals surface area contributed by atoms with Crippen LogP contribution in [0.15, 0.2) is 48.6 Å². The molecule has 1 N–H and O–H groups in total. The van der Waals surface area contributed by atoms with E-state index >= 15 is 0 Å². The Kier molecular flexibility index (Phi) is 5.37. The number of phenolic OH excluding ortho intramolecular Hbond substituents is 1. The highest BCUT2D eigenvalue weighted by Gasteiger charge is 2.16. The van der Waals surface area contributed by atoms with E-state index in [4.69, 9.17) is 4.74 Å². The summed E-state index contributed by atoms with van der Waals surface area (Å²) in [6, 6.07) is 7.15. The van der Waals surface area contributed by atoms with E-state index in [9.17, 15) is 9.90 Å². The van der Waals surface area contributed by atoms with Crippen LogP contribution in [0.1, 0.15) is 26.3 Å². The first-order valence-corrected chi connectivity index (χ1v) is 6.28. The molecule has 102 valence electrons. The molecule has 1 aromatic rings. The van der Waals surface area contributed by atoms with Gasteiger partial charge in [0.1, 0.15) is 5.75 Å². The van der Waals surface area contributed by atoms with Gasteiger partial charge in [-0.05, 0) is 24.6 Å². The van der Waals surface area contributed by atoms with Crippen LogP contribution in [0.4, 0.5) is 0 Å². The molecule has 0 fully saturated rings. The van der Waals surface area contributed by atoms with Gasteiger partial charge in [0.15, 0.2) is 0 Å². The van der Waals surface area contributed by atoms with E-state index in [1.807, 2.05) is 32.1 Å². The average Bonchev–Trinajstić information content (AvgIpc) is 2.35. The van der Waals surface area contributed by atoms with E-state index in [2.05, 4.69) is 0 Å².